The molecule has 98 valence electrons. The fraction of sp³-hybridized carbons (Fsp3) is 0.200. The molecule has 0 aliphatic heterocycles. The number of aromatic nitrogens is 1. The highest BCUT2D eigenvalue weighted by atomic mass is 16.5. The monoisotopic (exact) mass is 257 g/mol. The van der Waals surface area contributed by atoms with Gasteiger partial charge in [0.15, 0.2) is 17.3 Å². The van der Waals surface area contributed by atoms with Crippen LogP contribution in [-0.4, -0.2) is 17.9 Å². The summed E-state index contributed by atoms with van der Waals surface area (Å²) in [5.41, 5.74) is 1.43. The Kier molecular flexibility index (Phi) is 4.13. The van der Waals surface area contributed by atoms with Gasteiger partial charge in [-0.05, 0) is 37.3 Å². The highest BCUT2D eigenvalue weighted by Gasteiger charge is 2.08. The lowest BCUT2D eigenvalue weighted by molar-refractivity contribution is 0.101. The predicted octanol–water partition coefficient (Wildman–Crippen LogP) is 2.87. The zero-order chi connectivity index (χ0) is 13.7. The van der Waals surface area contributed by atoms with Gasteiger partial charge in [0.2, 0.25) is 0 Å². The molecule has 0 aliphatic carbocycles. The van der Waals surface area contributed by atoms with Gasteiger partial charge in [0, 0.05) is 11.8 Å². The Hall–Kier alpha value is -2.36. The lowest BCUT2D eigenvalue weighted by atomic mass is 10.1. The maximum Gasteiger partial charge on any atom is 0.161 e. The first-order valence-corrected chi connectivity index (χ1v) is 5.92. The summed E-state index contributed by atoms with van der Waals surface area (Å²) in [5.74, 6) is 1.14. The predicted molar refractivity (Wildman–Crippen MR) is 71.6 cm³/mol. The Bertz CT molecular complexity index is 567. The Balaban J connectivity index is 2.14. The van der Waals surface area contributed by atoms with Crippen LogP contribution in [0, 0.1) is 0 Å². The van der Waals surface area contributed by atoms with Gasteiger partial charge in [0.05, 0.1) is 12.8 Å². The number of benzene rings is 1. The number of rotatable bonds is 5. The van der Waals surface area contributed by atoms with Gasteiger partial charge in [-0.1, -0.05) is 6.07 Å². The first-order valence-electron chi connectivity index (χ1n) is 5.92. The number of nitrogens with zero attached hydrogens (tertiary/aromatic N) is 1. The van der Waals surface area contributed by atoms with Gasteiger partial charge in [-0.15, -0.1) is 0 Å². The number of carbonyl (C=O) groups excluding carboxylic acids is 1. The van der Waals surface area contributed by atoms with Crippen molar-refractivity contribution in [2.75, 3.05) is 7.11 Å². The van der Waals surface area contributed by atoms with Gasteiger partial charge >= 0.3 is 0 Å². The lowest BCUT2D eigenvalue weighted by Gasteiger charge is -2.11. The van der Waals surface area contributed by atoms with E-state index in [0.717, 1.165) is 5.69 Å². The fourth-order valence-corrected chi connectivity index (χ4v) is 1.64. The van der Waals surface area contributed by atoms with Crippen molar-refractivity contribution < 1.29 is 14.3 Å². The minimum atomic E-state index is -0.00502. The van der Waals surface area contributed by atoms with E-state index in [9.17, 15) is 4.79 Å². The molecule has 0 bridgehead atoms. The van der Waals surface area contributed by atoms with Gasteiger partial charge in [0.25, 0.3) is 0 Å². The van der Waals surface area contributed by atoms with Crippen LogP contribution < -0.4 is 9.47 Å². The molecule has 2 aromatic rings. The number of hydrogen-bond donors (Lipinski definition) is 0. The van der Waals surface area contributed by atoms with Crippen LogP contribution in [0.2, 0.25) is 0 Å². The molecule has 0 fully saturated rings. The second kappa shape index (κ2) is 6.00. The van der Waals surface area contributed by atoms with E-state index in [4.69, 9.17) is 9.47 Å². The van der Waals surface area contributed by atoms with Crippen LogP contribution in [0.3, 0.4) is 0 Å². The molecular formula is C15H15NO3. The summed E-state index contributed by atoms with van der Waals surface area (Å²) in [6.45, 7) is 1.87. The van der Waals surface area contributed by atoms with Crippen LogP contribution in [0.1, 0.15) is 23.0 Å². The summed E-state index contributed by atoms with van der Waals surface area (Å²) in [6.07, 6.45) is 1.72. The molecule has 0 saturated heterocycles. The average molecular weight is 257 g/mol. The van der Waals surface area contributed by atoms with E-state index < -0.39 is 0 Å². The molecule has 0 N–H and O–H groups in total. The van der Waals surface area contributed by atoms with Crippen LogP contribution in [0.4, 0.5) is 0 Å². The molecule has 0 atom stereocenters. The maximum absolute atomic E-state index is 11.3. The number of Topliss-reactive ketones (excluding diaryl/α,β-unsaturated/α-hetero) is 1. The minimum Gasteiger partial charge on any atom is -0.493 e. The van der Waals surface area contributed by atoms with Crippen molar-refractivity contribution in [2.24, 2.45) is 0 Å². The molecule has 2 rings (SSSR count). The molecule has 1 aromatic heterocycles. The maximum atomic E-state index is 11.3. The quantitative estimate of drug-likeness (QED) is 0.773. The van der Waals surface area contributed by atoms with Gasteiger partial charge in [-0.25, -0.2) is 0 Å². The first kappa shape index (κ1) is 13.1. The summed E-state index contributed by atoms with van der Waals surface area (Å²) >= 11 is 0. The third-order valence-corrected chi connectivity index (χ3v) is 2.67. The second-order valence-corrected chi connectivity index (χ2v) is 4.03. The largest absolute Gasteiger partial charge is 0.493 e. The molecule has 19 heavy (non-hydrogen) atoms. The molecular weight excluding hydrogens is 242 g/mol. The van der Waals surface area contributed by atoms with E-state index in [0.29, 0.717) is 23.7 Å². The lowest BCUT2D eigenvalue weighted by Crippen LogP contribution is -2.01. The number of methoxy groups -OCH3 is 1. The van der Waals surface area contributed by atoms with Crippen molar-refractivity contribution >= 4 is 5.78 Å². The van der Waals surface area contributed by atoms with E-state index in [1.807, 2.05) is 18.2 Å². The van der Waals surface area contributed by atoms with Crippen LogP contribution >= 0.6 is 0 Å². The summed E-state index contributed by atoms with van der Waals surface area (Å²) in [6, 6.07) is 10.8. The summed E-state index contributed by atoms with van der Waals surface area (Å²) in [7, 11) is 1.55. The SMILES string of the molecule is COc1cc(C(C)=O)ccc1OCc1ccccn1. The zero-order valence-electron chi connectivity index (χ0n) is 10.9. The molecule has 0 unspecified atom stereocenters. The number of hydrogen-bond acceptors (Lipinski definition) is 4. The number of carbonyl (C=O) groups is 1. The molecule has 4 nitrogen and oxygen atoms in total. The summed E-state index contributed by atoms with van der Waals surface area (Å²) in [4.78, 5) is 15.5. The molecule has 1 aromatic carbocycles. The fourth-order valence-electron chi connectivity index (χ4n) is 1.64. The Labute approximate surface area is 112 Å². The van der Waals surface area contributed by atoms with E-state index >= 15 is 0 Å². The standard InChI is InChI=1S/C15H15NO3/c1-11(17)12-6-7-14(15(9-12)18-2)19-10-13-5-3-4-8-16-13/h3-9H,10H2,1-2H3. The van der Waals surface area contributed by atoms with E-state index in [2.05, 4.69) is 4.98 Å². The number of ketones is 1. The third kappa shape index (κ3) is 3.31. The molecule has 1 heterocycles. The van der Waals surface area contributed by atoms with Crippen molar-refractivity contribution in [3.63, 3.8) is 0 Å². The summed E-state index contributed by atoms with van der Waals surface area (Å²) < 4.78 is 10.9. The Morgan fingerprint density at radius 1 is 1.21 bits per heavy atom. The zero-order valence-corrected chi connectivity index (χ0v) is 10.9. The van der Waals surface area contributed by atoms with Gasteiger partial charge in [0.1, 0.15) is 6.61 Å². The topological polar surface area (TPSA) is 48.4 Å². The molecule has 0 saturated carbocycles. The van der Waals surface area contributed by atoms with Crippen LogP contribution in [-0.2, 0) is 6.61 Å². The molecule has 0 amide bonds. The first-order chi connectivity index (χ1) is 9.20. The number of pyridine rings is 1. The molecule has 0 spiro atoms. The van der Waals surface area contributed by atoms with Crippen molar-refractivity contribution in [3.05, 3.63) is 53.9 Å². The van der Waals surface area contributed by atoms with Gasteiger partial charge in [-0.3, -0.25) is 9.78 Å². The van der Waals surface area contributed by atoms with E-state index in [-0.39, 0.29) is 5.78 Å². The third-order valence-electron chi connectivity index (χ3n) is 2.67. The number of ether oxygens (including phenoxy) is 2. The Morgan fingerprint density at radius 3 is 2.68 bits per heavy atom. The highest BCUT2D eigenvalue weighted by molar-refractivity contribution is 5.94. The van der Waals surface area contributed by atoms with E-state index in [1.165, 1.54) is 6.92 Å². The van der Waals surface area contributed by atoms with Crippen LogP contribution in [0.25, 0.3) is 0 Å². The molecule has 0 radical (unpaired) electrons. The minimum absolute atomic E-state index is 0.00502. The van der Waals surface area contributed by atoms with Crippen LogP contribution in [0.15, 0.2) is 42.6 Å². The second-order valence-electron chi connectivity index (χ2n) is 4.03. The molecule has 0 aliphatic rings. The van der Waals surface area contributed by atoms with Gasteiger partial charge < -0.3 is 9.47 Å². The van der Waals surface area contributed by atoms with E-state index in [1.54, 1.807) is 31.5 Å². The van der Waals surface area contributed by atoms with Crippen LogP contribution in [0.5, 0.6) is 11.5 Å². The van der Waals surface area contributed by atoms with Gasteiger partial charge in [-0.2, -0.15) is 0 Å². The normalized spacial score (nSPS) is 10.0. The smallest absolute Gasteiger partial charge is 0.161 e. The van der Waals surface area contributed by atoms with Crippen molar-refractivity contribution in [1.29, 1.82) is 0 Å². The average Bonchev–Trinajstić information content (AvgIpc) is 2.45. The molecule has 4 heteroatoms. The van der Waals surface area contributed by atoms with Crippen molar-refractivity contribution in [1.82, 2.24) is 4.98 Å². The summed E-state index contributed by atoms with van der Waals surface area (Å²) in [5, 5.41) is 0. The highest BCUT2D eigenvalue weighted by Crippen LogP contribution is 2.28. The Morgan fingerprint density at radius 2 is 2.05 bits per heavy atom. The van der Waals surface area contributed by atoms with Crippen molar-refractivity contribution in [2.45, 2.75) is 13.5 Å². The van der Waals surface area contributed by atoms with Crippen molar-refractivity contribution in [3.8, 4) is 11.5 Å².